The monoisotopic (exact) mass is 428 g/mol. The summed E-state index contributed by atoms with van der Waals surface area (Å²) in [6, 6.07) is 16.4. The third kappa shape index (κ3) is 3.60. The summed E-state index contributed by atoms with van der Waals surface area (Å²) in [5, 5.41) is 9.29. The fourth-order valence-corrected chi connectivity index (χ4v) is 4.19. The fraction of sp³-hybridized carbons (Fsp3) is 0.0909. The van der Waals surface area contributed by atoms with E-state index in [9.17, 15) is 27.6 Å². The molecular weight excluding hydrogens is 416 g/mol. The van der Waals surface area contributed by atoms with Crippen LogP contribution in [0.15, 0.2) is 65.5 Å². The molecule has 0 bridgehead atoms. The highest BCUT2D eigenvalue weighted by atomic mass is 32.1. The van der Waals surface area contributed by atoms with Gasteiger partial charge in [0.1, 0.15) is 5.82 Å². The number of fused-ring (bicyclic) bond motifs is 1. The number of alkyl halides is 3. The average molecular weight is 428 g/mol. The molecule has 1 aromatic heterocycles. The molecule has 4 aromatic rings. The van der Waals surface area contributed by atoms with Crippen molar-refractivity contribution in [2.24, 2.45) is 0 Å². The molecule has 0 fully saturated rings. The third-order valence-electron chi connectivity index (χ3n) is 4.73. The van der Waals surface area contributed by atoms with E-state index in [-0.39, 0.29) is 12.1 Å². The number of aromatic nitrogens is 1. The topological polar surface area (TPSA) is 45.8 Å². The molecule has 0 spiro atoms. The van der Waals surface area contributed by atoms with Gasteiger partial charge in [-0.15, -0.1) is 0 Å². The molecule has 150 valence electrons. The van der Waals surface area contributed by atoms with E-state index in [0.29, 0.717) is 27.4 Å². The summed E-state index contributed by atoms with van der Waals surface area (Å²) in [5.41, 5.74) is 1.22. The smallest absolute Gasteiger partial charge is 0.294 e. The van der Waals surface area contributed by atoms with Crippen LogP contribution in [0.5, 0.6) is 0 Å². The lowest BCUT2D eigenvalue weighted by Gasteiger charge is -2.11. The highest BCUT2D eigenvalue weighted by Gasteiger charge is 2.31. The van der Waals surface area contributed by atoms with Crippen LogP contribution in [0.3, 0.4) is 0 Å². The standard InChI is InChI=1S/C22H12F4N2OS/c23-18-7-6-16(22(24,25)26)9-15(18)12-28-19-8-5-13(10-20(19)30-21(28)29)17-4-2-1-3-14(17)11-27/h1-10H,12H2. The van der Waals surface area contributed by atoms with Gasteiger partial charge in [0.25, 0.3) is 0 Å². The molecule has 0 radical (unpaired) electrons. The summed E-state index contributed by atoms with van der Waals surface area (Å²) in [6.07, 6.45) is -4.60. The molecule has 3 nitrogen and oxygen atoms in total. The van der Waals surface area contributed by atoms with E-state index < -0.39 is 22.4 Å². The van der Waals surface area contributed by atoms with Crippen LogP contribution in [0.1, 0.15) is 16.7 Å². The molecule has 8 heteroatoms. The Kier molecular flexibility index (Phi) is 4.92. The summed E-state index contributed by atoms with van der Waals surface area (Å²) < 4.78 is 54.9. The number of benzene rings is 3. The number of rotatable bonds is 3. The SMILES string of the molecule is N#Cc1ccccc1-c1ccc2c(c1)sc(=O)n2Cc1cc(C(F)(F)F)ccc1F. The zero-order valence-electron chi connectivity index (χ0n) is 15.2. The number of halogens is 4. The molecule has 1 heterocycles. The Hall–Kier alpha value is -3.44. The van der Waals surface area contributed by atoms with Crippen LogP contribution in [0.2, 0.25) is 0 Å². The first-order chi connectivity index (χ1) is 14.3. The van der Waals surface area contributed by atoms with Crippen molar-refractivity contribution in [3.05, 3.63) is 92.8 Å². The first-order valence-electron chi connectivity index (χ1n) is 8.76. The van der Waals surface area contributed by atoms with E-state index >= 15 is 0 Å². The number of nitrogens with zero attached hydrogens (tertiary/aromatic N) is 2. The molecular formula is C22H12F4N2OS. The second-order valence-corrected chi connectivity index (χ2v) is 7.59. The van der Waals surface area contributed by atoms with E-state index in [4.69, 9.17) is 0 Å². The maximum atomic E-state index is 14.1. The molecule has 0 unspecified atom stereocenters. The predicted octanol–water partition coefficient (Wildman–Crippen LogP) is 5.81. The normalized spacial score (nSPS) is 11.6. The summed E-state index contributed by atoms with van der Waals surface area (Å²) in [5.74, 6) is -0.811. The van der Waals surface area contributed by atoms with Gasteiger partial charge in [-0.25, -0.2) is 4.39 Å². The number of thiazole rings is 1. The lowest BCUT2D eigenvalue weighted by molar-refractivity contribution is -0.137. The highest BCUT2D eigenvalue weighted by molar-refractivity contribution is 7.16. The number of nitriles is 1. The van der Waals surface area contributed by atoms with Crippen LogP contribution in [-0.2, 0) is 12.7 Å². The van der Waals surface area contributed by atoms with E-state index in [0.717, 1.165) is 29.0 Å². The minimum absolute atomic E-state index is 0.217. The Morgan fingerprint density at radius 3 is 2.53 bits per heavy atom. The van der Waals surface area contributed by atoms with Crippen LogP contribution in [0.4, 0.5) is 17.6 Å². The molecule has 0 saturated carbocycles. The molecule has 0 amide bonds. The van der Waals surface area contributed by atoms with Crippen LogP contribution in [-0.4, -0.2) is 4.57 Å². The third-order valence-corrected chi connectivity index (χ3v) is 5.67. The van der Waals surface area contributed by atoms with Crippen molar-refractivity contribution in [1.29, 1.82) is 5.26 Å². The van der Waals surface area contributed by atoms with Gasteiger partial charge in [-0.3, -0.25) is 9.36 Å². The largest absolute Gasteiger partial charge is 0.416 e. The predicted molar refractivity (Wildman–Crippen MR) is 107 cm³/mol. The van der Waals surface area contributed by atoms with Gasteiger partial charge in [-0.05, 0) is 47.5 Å². The van der Waals surface area contributed by atoms with Crippen LogP contribution >= 0.6 is 11.3 Å². The Morgan fingerprint density at radius 2 is 1.80 bits per heavy atom. The summed E-state index contributed by atoms with van der Waals surface area (Å²) >= 11 is 0.916. The first kappa shape index (κ1) is 19.9. The van der Waals surface area contributed by atoms with Gasteiger partial charge in [0.15, 0.2) is 0 Å². The quantitative estimate of drug-likeness (QED) is 0.387. The highest BCUT2D eigenvalue weighted by Crippen LogP contribution is 2.32. The summed E-state index contributed by atoms with van der Waals surface area (Å²) in [6.45, 7) is -0.317. The average Bonchev–Trinajstić information content (AvgIpc) is 3.03. The maximum absolute atomic E-state index is 14.1. The Morgan fingerprint density at radius 1 is 1.03 bits per heavy atom. The van der Waals surface area contributed by atoms with Crippen molar-refractivity contribution in [2.45, 2.75) is 12.7 Å². The van der Waals surface area contributed by atoms with Crippen molar-refractivity contribution in [2.75, 3.05) is 0 Å². The molecule has 3 aromatic carbocycles. The van der Waals surface area contributed by atoms with E-state index in [1.807, 2.05) is 0 Å². The Labute approximate surface area is 172 Å². The molecule has 0 aliphatic carbocycles. The Bertz CT molecular complexity index is 1360. The lowest BCUT2D eigenvalue weighted by atomic mass is 10.0. The second-order valence-electron chi connectivity index (χ2n) is 6.60. The van der Waals surface area contributed by atoms with Crippen LogP contribution in [0.25, 0.3) is 21.3 Å². The van der Waals surface area contributed by atoms with Crippen molar-refractivity contribution in [3.63, 3.8) is 0 Å². The van der Waals surface area contributed by atoms with E-state index in [1.165, 1.54) is 4.57 Å². The minimum Gasteiger partial charge on any atom is -0.294 e. The Balaban J connectivity index is 1.78. The van der Waals surface area contributed by atoms with Crippen molar-refractivity contribution in [1.82, 2.24) is 4.57 Å². The van der Waals surface area contributed by atoms with Crippen LogP contribution in [0, 0.1) is 17.1 Å². The molecule has 0 N–H and O–H groups in total. The second kappa shape index (κ2) is 7.43. The number of hydrogen-bond acceptors (Lipinski definition) is 3. The summed E-state index contributed by atoms with van der Waals surface area (Å²) in [7, 11) is 0. The van der Waals surface area contributed by atoms with Gasteiger partial charge in [-0.1, -0.05) is 35.6 Å². The summed E-state index contributed by atoms with van der Waals surface area (Å²) in [4.78, 5) is 12.1. The van der Waals surface area contributed by atoms with Gasteiger partial charge in [0.05, 0.1) is 34.0 Å². The molecule has 4 rings (SSSR count). The van der Waals surface area contributed by atoms with Gasteiger partial charge < -0.3 is 0 Å². The fourth-order valence-electron chi connectivity index (χ4n) is 3.26. The van der Waals surface area contributed by atoms with Gasteiger partial charge >= 0.3 is 11.0 Å². The zero-order chi connectivity index (χ0) is 21.5. The lowest BCUT2D eigenvalue weighted by Crippen LogP contribution is -2.15. The van der Waals surface area contributed by atoms with Crippen molar-refractivity contribution in [3.8, 4) is 17.2 Å². The number of hydrogen-bond donors (Lipinski definition) is 0. The molecule has 0 aliphatic heterocycles. The first-order valence-corrected chi connectivity index (χ1v) is 9.58. The molecule has 0 atom stereocenters. The molecule has 0 saturated heterocycles. The molecule has 0 aliphatic rings. The maximum Gasteiger partial charge on any atom is 0.416 e. The zero-order valence-corrected chi connectivity index (χ0v) is 16.0. The molecule has 30 heavy (non-hydrogen) atoms. The van der Waals surface area contributed by atoms with Crippen molar-refractivity contribution < 1.29 is 17.6 Å². The van der Waals surface area contributed by atoms with Crippen LogP contribution < -0.4 is 4.87 Å². The van der Waals surface area contributed by atoms with Gasteiger partial charge in [-0.2, -0.15) is 18.4 Å². The van der Waals surface area contributed by atoms with Crippen molar-refractivity contribution >= 4 is 21.6 Å². The van der Waals surface area contributed by atoms with Gasteiger partial charge in [0.2, 0.25) is 0 Å². The van der Waals surface area contributed by atoms with E-state index in [2.05, 4.69) is 6.07 Å². The minimum atomic E-state index is -4.60. The van der Waals surface area contributed by atoms with E-state index in [1.54, 1.807) is 42.5 Å². The van der Waals surface area contributed by atoms with Gasteiger partial charge in [0, 0.05) is 5.56 Å².